The van der Waals surface area contributed by atoms with Crippen molar-refractivity contribution >= 4 is 11.6 Å². The Balaban J connectivity index is 2.91. The van der Waals surface area contributed by atoms with Crippen molar-refractivity contribution in [3.63, 3.8) is 0 Å². The number of aryl methyl sites for hydroxylation is 1. The fraction of sp³-hybridized carbons (Fsp3) is 0.300. The van der Waals surface area contributed by atoms with Gasteiger partial charge in [0.2, 0.25) is 5.91 Å². The summed E-state index contributed by atoms with van der Waals surface area (Å²) in [5.74, 6) is -0.836. The summed E-state index contributed by atoms with van der Waals surface area (Å²) < 4.78 is 13.2. The van der Waals surface area contributed by atoms with Crippen LogP contribution >= 0.6 is 0 Å². The summed E-state index contributed by atoms with van der Waals surface area (Å²) >= 11 is 0. The third-order valence-corrected chi connectivity index (χ3v) is 1.88. The van der Waals surface area contributed by atoms with Crippen LogP contribution in [0.1, 0.15) is 12.5 Å². The molecule has 0 heterocycles. The van der Waals surface area contributed by atoms with Crippen molar-refractivity contribution in [1.82, 2.24) is 0 Å². The average molecular weight is 196 g/mol. The molecule has 1 aromatic carbocycles. The lowest BCUT2D eigenvalue weighted by Gasteiger charge is -2.10. The molecule has 1 aromatic rings. The van der Waals surface area contributed by atoms with Crippen LogP contribution in [-0.4, -0.2) is 11.9 Å². The Labute approximate surface area is 82.1 Å². The van der Waals surface area contributed by atoms with Gasteiger partial charge in [-0.05, 0) is 25.5 Å². The quantitative estimate of drug-likeness (QED) is 0.751. The average Bonchev–Trinajstić information content (AvgIpc) is 2.11. The van der Waals surface area contributed by atoms with Gasteiger partial charge in [-0.25, -0.2) is 4.39 Å². The number of para-hydroxylation sites is 1. The molecule has 4 heteroatoms. The molecule has 1 atom stereocenters. The number of carbonyl (C=O) groups excluding carboxylic acids is 1. The van der Waals surface area contributed by atoms with Gasteiger partial charge in [-0.2, -0.15) is 0 Å². The van der Waals surface area contributed by atoms with Crippen molar-refractivity contribution in [2.75, 3.05) is 5.32 Å². The van der Waals surface area contributed by atoms with E-state index in [1.807, 2.05) is 0 Å². The molecule has 0 saturated carbocycles. The molecular formula is C10H13FN2O. The maximum Gasteiger partial charge on any atom is 0.241 e. The molecule has 0 unspecified atom stereocenters. The number of anilines is 1. The summed E-state index contributed by atoms with van der Waals surface area (Å²) in [6.07, 6.45) is 0. The van der Waals surface area contributed by atoms with E-state index in [0.717, 1.165) is 0 Å². The maximum absolute atomic E-state index is 13.2. The molecule has 1 amide bonds. The first-order valence-corrected chi connectivity index (χ1v) is 4.34. The molecule has 1 rings (SSSR count). The zero-order chi connectivity index (χ0) is 10.7. The fourth-order valence-corrected chi connectivity index (χ4v) is 1.03. The molecule has 0 aliphatic carbocycles. The molecule has 0 aliphatic rings. The first-order chi connectivity index (χ1) is 6.52. The van der Waals surface area contributed by atoms with Crippen LogP contribution in [0.15, 0.2) is 18.2 Å². The minimum absolute atomic E-state index is 0.204. The van der Waals surface area contributed by atoms with E-state index < -0.39 is 17.8 Å². The van der Waals surface area contributed by atoms with E-state index in [0.29, 0.717) is 5.56 Å². The number of hydrogen-bond donors (Lipinski definition) is 2. The van der Waals surface area contributed by atoms with Crippen molar-refractivity contribution in [2.24, 2.45) is 5.73 Å². The van der Waals surface area contributed by atoms with Gasteiger partial charge in [-0.15, -0.1) is 0 Å². The Hall–Kier alpha value is -1.42. The lowest BCUT2D eigenvalue weighted by atomic mass is 10.2. The van der Waals surface area contributed by atoms with Crippen LogP contribution in [0, 0.1) is 12.7 Å². The second-order valence-corrected chi connectivity index (χ2v) is 3.21. The summed E-state index contributed by atoms with van der Waals surface area (Å²) in [4.78, 5) is 11.2. The highest BCUT2D eigenvalue weighted by atomic mass is 19.1. The van der Waals surface area contributed by atoms with E-state index in [1.165, 1.54) is 6.07 Å². The third-order valence-electron chi connectivity index (χ3n) is 1.88. The number of carbonyl (C=O) groups is 1. The van der Waals surface area contributed by atoms with E-state index in [-0.39, 0.29) is 5.69 Å². The molecule has 0 bridgehead atoms. The molecule has 76 valence electrons. The number of amides is 1. The molecule has 3 nitrogen and oxygen atoms in total. The molecule has 0 saturated heterocycles. The summed E-state index contributed by atoms with van der Waals surface area (Å²) in [6.45, 7) is 3.27. The van der Waals surface area contributed by atoms with Crippen molar-refractivity contribution in [3.05, 3.63) is 29.6 Å². The van der Waals surface area contributed by atoms with Crippen LogP contribution in [0.3, 0.4) is 0 Å². The van der Waals surface area contributed by atoms with Gasteiger partial charge >= 0.3 is 0 Å². The maximum atomic E-state index is 13.2. The number of hydrogen-bond acceptors (Lipinski definition) is 2. The largest absolute Gasteiger partial charge is 0.322 e. The zero-order valence-electron chi connectivity index (χ0n) is 8.17. The van der Waals surface area contributed by atoms with Crippen LogP contribution in [0.2, 0.25) is 0 Å². The Kier molecular flexibility index (Phi) is 3.19. The summed E-state index contributed by atoms with van der Waals surface area (Å²) in [6, 6.07) is 3.96. The van der Waals surface area contributed by atoms with Gasteiger partial charge in [0.05, 0.1) is 11.7 Å². The Morgan fingerprint density at radius 1 is 1.57 bits per heavy atom. The highest BCUT2D eigenvalue weighted by molar-refractivity contribution is 5.95. The fourth-order valence-electron chi connectivity index (χ4n) is 1.03. The monoisotopic (exact) mass is 196 g/mol. The van der Waals surface area contributed by atoms with Gasteiger partial charge in [0.15, 0.2) is 0 Å². The molecule has 3 N–H and O–H groups in total. The van der Waals surface area contributed by atoms with Gasteiger partial charge in [0, 0.05) is 0 Å². The SMILES string of the molecule is Cc1cccc(F)c1NC(=O)[C@@H](C)N. The summed E-state index contributed by atoms with van der Waals surface area (Å²) in [5, 5.41) is 2.44. The predicted octanol–water partition coefficient (Wildman–Crippen LogP) is 1.42. The Bertz CT molecular complexity index is 330. The molecule has 0 fully saturated rings. The molecule has 0 radical (unpaired) electrons. The van der Waals surface area contributed by atoms with E-state index in [4.69, 9.17) is 5.73 Å². The number of nitrogens with one attached hydrogen (secondary N) is 1. The molecule has 14 heavy (non-hydrogen) atoms. The van der Waals surface area contributed by atoms with Crippen molar-refractivity contribution in [1.29, 1.82) is 0 Å². The molecule has 0 aliphatic heterocycles. The van der Waals surface area contributed by atoms with Crippen molar-refractivity contribution in [3.8, 4) is 0 Å². The van der Waals surface area contributed by atoms with Crippen LogP contribution in [0.4, 0.5) is 10.1 Å². The standard InChI is InChI=1S/C10H13FN2O/c1-6-4-3-5-8(11)9(6)13-10(14)7(2)12/h3-5,7H,12H2,1-2H3,(H,13,14)/t7-/m1/s1. The number of benzene rings is 1. The van der Waals surface area contributed by atoms with Gasteiger partial charge < -0.3 is 11.1 Å². The topological polar surface area (TPSA) is 55.1 Å². The van der Waals surface area contributed by atoms with Crippen LogP contribution in [-0.2, 0) is 4.79 Å². The zero-order valence-corrected chi connectivity index (χ0v) is 8.17. The van der Waals surface area contributed by atoms with Gasteiger partial charge in [-0.3, -0.25) is 4.79 Å². The molecule has 0 spiro atoms. The van der Waals surface area contributed by atoms with Crippen molar-refractivity contribution < 1.29 is 9.18 Å². The van der Waals surface area contributed by atoms with Crippen LogP contribution in [0.5, 0.6) is 0 Å². The first-order valence-electron chi connectivity index (χ1n) is 4.34. The first kappa shape index (κ1) is 10.7. The van der Waals surface area contributed by atoms with Crippen LogP contribution in [0.25, 0.3) is 0 Å². The lowest BCUT2D eigenvalue weighted by Crippen LogP contribution is -2.33. The smallest absolute Gasteiger partial charge is 0.241 e. The van der Waals surface area contributed by atoms with E-state index >= 15 is 0 Å². The van der Waals surface area contributed by atoms with Gasteiger partial charge in [-0.1, -0.05) is 12.1 Å². The van der Waals surface area contributed by atoms with Crippen LogP contribution < -0.4 is 11.1 Å². The Morgan fingerprint density at radius 2 is 2.21 bits per heavy atom. The van der Waals surface area contributed by atoms with Gasteiger partial charge in [0.25, 0.3) is 0 Å². The minimum Gasteiger partial charge on any atom is -0.322 e. The summed E-state index contributed by atoms with van der Waals surface area (Å²) in [7, 11) is 0. The highest BCUT2D eigenvalue weighted by Gasteiger charge is 2.11. The summed E-state index contributed by atoms with van der Waals surface area (Å²) in [5.41, 5.74) is 6.23. The lowest BCUT2D eigenvalue weighted by molar-refractivity contribution is -0.117. The minimum atomic E-state index is -0.644. The highest BCUT2D eigenvalue weighted by Crippen LogP contribution is 2.18. The number of rotatable bonds is 2. The number of nitrogens with two attached hydrogens (primary N) is 1. The second kappa shape index (κ2) is 4.19. The van der Waals surface area contributed by atoms with E-state index in [9.17, 15) is 9.18 Å². The van der Waals surface area contributed by atoms with Gasteiger partial charge in [0.1, 0.15) is 5.82 Å². The molecular weight excluding hydrogens is 183 g/mol. The number of halogens is 1. The normalized spacial score (nSPS) is 12.3. The second-order valence-electron chi connectivity index (χ2n) is 3.21. The predicted molar refractivity (Wildman–Crippen MR) is 53.4 cm³/mol. The van der Waals surface area contributed by atoms with Crippen molar-refractivity contribution in [2.45, 2.75) is 19.9 Å². The Morgan fingerprint density at radius 3 is 2.71 bits per heavy atom. The van der Waals surface area contributed by atoms with E-state index in [2.05, 4.69) is 5.32 Å². The third kappa shape index (κ3) is 2.29. The molecule has 0 aromatic heterocycles. The van der Waals surface area contributed by atoms with E-state index in [1.54, 1.807) is 26.0 Å².